The molecule has 2 aromatic rings. The molecule has 132 valence electrons. The highest BCUT2D eigenvalue weighted by Crippen LogP contribution is 2.39. The van der Waals surface area contributed by atoms with E-state index >= 15 is 0 Å². The van der Waals surface area contributed by atoms with E-state index in [0.29, 0.717) is 6.42 Å². The molecule has 0 saturated carbocycles. The molecule has 1 atom stereocenters. The third kappa shape index (κ3) is 3.90. The van der Waals surface area contributed by atoms with Gasteiger partial charge >= 0.3 is 0 Å². The second-order valence-corrected chi connectivity index (χ2v) is 7.26. The summed E-state index contributed by atoms with van der Waals surface area (Å²) < 4.78 is 33.6. The summed E-state index contributed by atoms with van der Waals surface area (Å²) in [4.78, 5) is 0. The van der Waals surface area contributed by atoms with Crippen LogP contribution in [0.15, 0.2) is 36.4 Å². The van der Waals surface area contributed by atoms with E-state index in [9.17, 15) is 8.78 Å². The minimum atomic E-state index is -0.687. The van der Waals surface area contributed by atoms with Gasteiger partial charge in [0.15, 0.2) is 5.11 Å². The lowest BCUT2D eigenvalue weighted by Gasteiger charge is -2.38. The maximum absolute atomic E-state index is 13.8. The summed E-state index contributed by atoms with van der Waals surface area (Å²) in [7, 11) is 0. The minimum absolute atomic E-state index is 0.117. The van der Waals surface area contributed by atoms with Gasteiger partial charge in [-0.3, -0.25) is 0 Å². The molecule has 0 spiro atoms. The molecule has 0 bridgehead atoms. The molecule has 0 fully saturated rings. The zero-order chi connectivity index (χ0) is 18.2. The van der Waals surface area contributed by atoms with E-state index in [1.165, 1.54) is 18.2 Å². The SMILES string of the molecule is Cc1ccc2c(c1)[C@@H](NC(=S)Nc1c(F)cccc1F)CC(C)(C)O2. The maximum atomic E-state index is 13.8. The molecular formula is C19H20F2N2OS. The first-order chi connectivity index (χ1) is 11.7. The van der Waals surface area contributed by atoms with E-state index in [2.05, 4.69) is 10.6 Å². The van der Waals surface area contributed by atoms with Crippen LogP contribution in [0.3, 0.4) is 0 Å². The average Bonchev–Trinajstić information content (AvgIpc) is 2.51. The molecule has 0 unspecified atom stereocenters. The van der Waals surface area contributed by atoms with Crippen LogP contribution < -0.4 is 15.4 Å². The molecular weight excluding hydrogens is 342 g/mol. The molecule has 0 amide bonds. The summed E-state index contributed by atoms with van der Waals surface area (Å²) in [5.74, 6) is -0.584. The van der Waals surface area contributed by atoms with E-state index in [0.717, 1.165) is 16.9 Å². The fraction of sp³-hybridized carbons (Fsp3) is 0.316. The Morgan fingerprint density at radius 3 is 2.56 bits per heavy atom. The molecule has 1 aliphatic heterocycles. The van der Waals surface area contributed by atoms with Gasteiger partial charge in [-0.05, 0) is 51.2 Å². The zero-order valence-corrected chi connectivity index (χ0v) is 15.1. The van der Waals surface area contributed by atoms with Crippen molar-refractivity contribution in [3.8, 4) is 5.75 Å². The van der Waals surface area contributed by atoms with Crippen LogP contribution in [0.4, 0.5) is 14.5 Å². The molecule has 25 heavy (non-hydrogen) atoms. The van der Waals surface area contributed by atoms with Gasteiger partial charge in [0.2, 0.25) is 0 Å². The van der Waals surface area contributed by atoms with E-state index < -0.39 is 11.6 Å². The Morgan fingerprint density at radius 1 is 1.20 bits per heavy atom. The third-order valence-corrected chi connectivity index (χ3v) is 4.35. The van der Waals surface area contributed by atoms with Crippen LogP contribution in [-0.2, 0) is 0 Å². The maximum Gasteiger partial charge on any atom is 0.171 e. The number of halogens is 2. The standard InChI is InChI=1S/C19H20F2N2OS/c1-11-7-8-16-12(9-11)15(10-19(2,3)24-16)22-18(25)23-17-13(20)5-4-6-14(17)21/h4-9,15H,10H2,1-3H3,(H2,22,23,25)/t15-/m0/s1. The van der Waals surface area contributed by atoms with Crippen LogP contribution in [-0.4, -0.2) is 10.7 Å². The monoisotopic (exact) mass is 362 g/mol. The number of ether oxygens (including phenoxy) is 1. The summed E-state index contributed by atoms with van der Waals surface area (Å²) in [6.07, 6.45) is 0.672. The van der Waals surface area contributed by atoms with Crippen LogP contribution >= 0.6 is 12.2 Å². The second-order valence-electron chi connectivity index (χ2n) is 6.85. The lowest BCUT2D eigenvalue weighted by molar-refractivity contribution is 0.0696. The fourth-order valence-electron chi connectivity index (χ4n) is 3.03. The highest BCUT2D eigenvalue weighted by atomic mass is 32.1. The lowest BCUT2D eigenvalue weighted by atomic mass is 9.89. The van der Waals surface area contributed by atoms with Crippen molar-refractivity contribution in [2.75, 3.05) is 5.32 Å². The van der Waals surface area contributed by atoms with E-state index in [1.54, 1.807) is 0 Å². The molecule has 3 rings (SSSR count). The number of anilines is 1. The molecule has 1 aliphatic rings. The van der Waals surface area contributed by atoms with Gasteiger partial charge in [-0.2, -0.15) is 0 Å². The first-order valence-corrected chi connectivity index (χ1v) is 8.47. The lowest BCUT2D eigenvalue weighted by Crippen LogP contribution is -2.42. The summed E-state index contributed by atoms with van der Waals surface area (Å²) in [5.41, 5.74) is 1.46. The van der Waals surface area contributed by atoms with Crippen LogP contribution in [0.1, 0.15) is 37.4 Å². The summed E-state index contributed by atoms with van der Waals surface area (Å²) in [6, 6.07) is 9.53. The average molecular weight is 362 g/mol. The topological polar surface area (TPSA) is 33.3 Å². The highest BCUT2D eigenvalue weighted by molar-refractivity contribution is 7.80. The van der Waals surface area contributed by atoms with Gasteiger partial charge in [0, 0.05) is 12.0 Å². The van der Waals surface area contributed by atoms with Crippen molar-refractivity contribution in [1.29, 1.82) is 0 Å². The Bertz CT molecular complexity index is 803. The van der Waals surface area contributed by atoms with Gasteiger partial charge in [-0.25, -0.2) is 8.78 Å². The highest BCUT2D eigenvalue weighted by Gasteiger charge is 2.34. The normalized spacial score (nSPS) is 18.0. The molecule has 0 aliphatic carbocycles. The van der Waals surface area contributed by atoms with Crippen molar-refractivity contribution >= 4 is 23.0 Å². The van der Waals surface area contributed by atoms with Gasteiger partial charge in [0.25, 0.3) is 0 Å². The Kier molecular flexibility index (Phi) is 4.64. The largest absolute Gasteiger partial charge is 0.487 e. The zero-order valence-electron chi connectivity index (χ0n) is 14.3. The number of thiocarbonyl (C=S) groups is 1. The molecule has 0 aromatic heterocycles. The number of hydrogen-bond acceptors (Lipinski definition) is 2. The summed E-state index contributed by atoms with van der Waals surface area (Å²) in [6.45, 7) is 6.00. The molecule has 3 nitrogen and oxygen atoms in total. The summed E-state index contributed by atoms with van der Waals surface area (Å²) in [5, 5.41) is 5.96. The molecule has 0 radical (unpaired) electrons. The van der Waals surface area contributed by atoms with Crippen molar-refractivity contribution in [3.63, 3.8) is 0 Å². The van der Waals surface area contributed by atoms with Gasteiger partial charge in [-0.1, -0.05) is 23.8 Å². The molecule has 1 heterocycles. The molecule has 6 heteroatoms. The first-order valence-electron chi connectivity index (χ1n) is 8.06. The van der Waals surface area contributed by atoms with Crippen molar-refractivity contribution < 1.29 is 13.5 Å². The number of nitrogens with one attached hydrogen (secondary N) is 2. The predicted octanol–water partition coefficient (Wildman–Crippen LogP) is 4.86. The van der Waals surface area contributed by atoms with Gasteiger partial charge in [-0.15, -0.1) is 0 Å². The smallest absolute Gasteiger partial charge is 0.171 e. The first kappa shape index (κ1) is 17.6. The van der Waals surface area contributed by atoms with E-state index in [1.807, 2.05) is 39.0 Å². The molecule has 2 N–H and O–H groups in total. The molecule has 0 saturated heterocycles. The van der Waals surface area contributed by atoms with Crippen molar-refractivity contribution in [1.82, 2.24) is 5.32 Å². The minimum Gasteiger partial charge on any atom is -0.487 e. The molecule has 2 aromatic carbocycles. The second kappa shape index (κ2) is 6.59. The number of hydrogen-bond donors (Lipinski definition) is 2. The van der Waals surface area contributed by atoms with Crippen molar-refractivity contribution in [2.24, 2.45) is 0 Å². The predicted molar refractivity (Wildman–Crippen MR) is 99.0 cm³/mol. The third-order valence-electron chi connectivity index (χ3n) is 4.13. The van der Waals surface area contributed by atoms with Gasteiger partial charge < -0.3 is 15.4 Å². The van der Waals surface area contributed by atoms with Crippen LogP contribution in [0.5, 0.6) is 5.75 Å². The van der Waals surface area contributed by atoms with Gasteiger partial charge in [0.05, 0.1) is 6.04 Å². The van der Waals surface area contributed by atoms with Crippen LogP contribution in [0.25, 0.3) is 0 Å². The summed E-state index contributed by atoms with van der Waals surface area (Å²) >= 11 is 5.28. The Balaban J connectivity index is 1.82. The fourth-order valence-corrected chi connectivity index (χ4v) is 3.27. The van der Waals surface area contributed by atoms with Crippen molar-refractivity contribution in [2.45, 2.75) is 38.8 Å². The van der Waals surface area contributed by atoms with E-state index in [4.69, 9.17) is 17.0 Å². The number of benzene rings is 2. The van der Waals surface area contributed by atoms with Crippen LogP contribution in [0.2, 0.25) is 0 Å². The number of fused-ring (bicyclic) bond motifs is 1. The Hall–Kier alpha value is -2.21. The quantitative estimate of drug-likeness (QED) is 0.748. The Morgan fingerprint density at radius 2 is 1.88 bits per heavy atom. The van der Waals surface area contributed by atoms with Crippen molar-refractivity contribution in [3.05, 3.63) is 59.2 Å². The van der Waals surface area contributed by atoms with Gasteiger partial charge in [0.1, 0.15) is 28.7 Å². The number of para-hydroxylation sites is 1. The number of rotatable bonds is 2. The van der Waals surface area contributed by atoms with Crippen LogP contribution in [0, 0.1) is 18.6 Å². The number of aryl methyl sites for hydroxylation is 1. The van der Waals surface area contributed by atoms with E-state index in [-0.39, 0.29) is 22.4 Å². The Labute approximate surface area is 151 Å².